The summed E-state index contributed by atoms with van der Waals surface area (Å²) < 4.78 is 5.16. The molecule has 2 fully saturated rings. The van der Waals surface area contributed by atoms with Crippen molar-refractivity contribution >= 4 is 17.8 Å². The van der Waals surface area contributed by atoms with Gasteiger partial charge in [0.15, 0.2) is 0 Å². The molecule has 1 N–H and O–H groups in total. The number of rotatable bonds is 3. The van der Waals surface area contributed by atoms with Crippen molar-refractivity contribution in [2.24, 2.45) is 0 Å². The van der Waals surface area contributed by atoms with Gasteiger partial charge in [0.1, 0.15) is 11.3 Å². The van der Waals surface area contributed by atoms with Gasteiger partial charge in [0, 0.05) is 32.4 Å². The molecule has 0 aliphatic carbocycles. The van der Waals surface area contributed by atoms with Crippen LogP contribution < -0.4 is 5.32 Å². The van der Waals surface area contributed by atoms with Gasteiger partial charge in [-0.3, -0.25) is 19.8 Å². The minimum absolute atomic E-state index is 0.00890. The summed E-state index contributed by atoms with van der Waals surface area (Å²) in [6.07, 6.45) is 3.01. The fourth-order valence-electron chi connectivity index (χ4n) is 2.52. The molecular formula is C15H18N4O4. The van der Waals surface area contributed by atoms with Crippen LogP contribution in [0, 0.1) is 0 Å². The fraction of sp³-hybridized carbons (Fsp3) is 0.400. The van der Waals surface area contributed by atoms with Crippen LogP contribution in [0.25, 0.3) is 0 Å². The minimum Gasteiger partial charge on any atom is -0.467 e. The van der Waals surface area contributed by atoms with E-state index in [2.05, 4.69) is 10.2 Å². The second kappa shape index (κ2) is 6.25. The Kier molecular flexibility index (Phi) is 4.16. The second-order valence-corrected chi connectivity index (χ2v) is 5.61. The maximum atomic E-state index is 12.5. The quantitative estimate of drug-likeness (QED) is 0.623. The fourth-order valence-corrected chi connectivity index (χ4v) is 2.52. The number of carbonyl (C=O) groups excluding carboxylic acids is 3. The van der Waals surface area contributed by atoms with Crippen LogP contribution in [0.5, 0.6) is 0 Å². The molecule has 2 saturated heterocycles. The SMILES string of the molecule is CN1CCN(/C=C2/C(=O)NC(=O)N(Cc3ccco3)C2=O)CC1. The largest absolute Gasteiger partial charge is 0.467 e. The highest BCUT2D eigenvalue weighted by Crippen LogP contribution is 2.15. The van der Waals surface area contributed by atoms with Crippen molar-refractivity contribution in [3.8, 4) is 0 Å². The molecule has 8 heteroatoms. The highest BCUT2D eigenvalue weighted by molar-refractivity contribution is 6.28. The topological polar surface area (TPSA) is 86.1 Å². The van der Waals surface area contributed by atoms with Gasteiger partial charge in [0.2, 0.25) is 0 Å². The number of amides is 4. The molecule has 2 aliphatic heterocycles. The number of likely N-dealkylation sites (N-methyl/N-ethyl adjacent to an activating group) is 1. The van der Waals surface area contributed by atoms with Gasteiger partial charge < -0.3 is 14.2 Å². The first-order valence-electron chi connectivity index (χ1n) is 7.38. The number of furan rings is 1. The highest BCUT2D eigenvalue weighted by atomic mass is 16.3. The van der Waals surface area contributed by atoms with Crippen LogP contribution in [0.1, 0.15) is 5.76 Å². The van der Waals surface area contributed by atoms with Crippen LogP contribution >= 0.6 is 0 Å². The molecule has 1 aromatic rings. The van der Waals surface area contributed by atoms with E-state index in [4.69, 9.17) is 4.42 Å². The van der Waals surface area contributed by atoms with E-state index in [-0.39, 0.29) is 12.1 Å². The average Bonchev–Trinajstić information content (AvgIpc) is 3.03. The summed E-state index contributed by atoms with van der Waals surface area (Å²) >= 11 is 0. The molecule has 0 radical (unpaired) electrons. The number of imide groups is 2. The van der Waals surface area contributed by atoms with Crippen LogP contribution in [0.4, 0.5) is 4.79 Å². The summed E-state index contributed by atoms with van der Waals surface area (Å²) in [5, 5.41) is 2.20. The van der Waals surface area contributed by atoms with Crippen molar-refractivity contribution in [1.82, 2.24) is 20.0 Å². The highest BCUT2D eigenvalue weighted by Gasteiger charge is 2.36. The molecule has 3 heterocycles. The Hall–Kier alpha value is -2.61. The van der Waals surface area contributed by atoms with Gasteiger partial charge in [-0.25, -0.2) is 4.79 Å². The molecule has 3 rings (SSSR count). The molecule has 0 spiro atoms. The van der Waals surface area contributed by atoms with Crippen LogP contribution in [0.15, 0.2) is 34.6 Å². The van der Waals surface area contributed by atoms with Crippen molar-refractivity contribution in [3.63, 3.8) is 0 Å². The molecule has 1 aromatic heterocycles. The van der Waals surface area contributed by atoms with Crippen molar-refractivity contribution in [2.75, 3.05) is 33.2 Å². The summed E-state index contributed by atoms with van der Waals surface area (Å²) in [7, 11) is 2.02. The smallest absolute Gasteiger partial charge is 0.331 e. The van der Waals surface area contributed by atoms with Crippen LogP contribution in [-0.2, 0) is 16.1 Å². The Labute approximate surface area is 133 Å². The average molecular weight is 318 g/mol. The Morgan fingerprint density at radius 2 is 1.96 bits per heavy atom. The van der Waals surface area contributed by atoms with Crippen molar-refractivity contribution in [3.05, 3.63) is 35.9 Å². The van der Waals surface area contributed by atoms with Crippen LogP contribution in [0.3, 0.4) is 0 Å². The van der Waals surface area contributed by atoms with Crippen LogP contribution in [0.2, 0.25) is 0 Å². The zero-order valence-corrected chi connectivity index (χ0v) is 12.8. The van der Waals surface area contributed by atoms with Crippen molar-refractivity contribution in [2.45, 2.75) is 6.54 Å². The van der Waals surface area contributed by atoms with E-state index in [1.165, 1.54) is 6.26 Å². The van der Waals surface area contributed by atoms with Gasteiger partial charge in [-0.1, -0.05) is 0 Å². The van der Waals surface area contributed by atoms with Gasteiger partial charge in [0.05, 0.1) is 12.8 Å². The summed E-state index contributed by atoms with van der Waals surface area (Å²) in [5.41, 5.74) is -0.0271. The Morgan fingerprint density at radius 1 is 1.22 bits per heavy atom. The summed E-state index contributed by atoms with van der Waals surface area (Å²) in [5.74, 6) is -0.787. The van der Waals surface area contributed by atoms with E-state index in [1.807, 2.05) is 11.9 Å². The maximum Gasteiger partial charge on any atom is 0.331 e. The number of piperazine rings is 1. The van der Waals surface area contributed by atoms with Crippen molar-refractivity contribution < 1.29 is 18.8 Å². The van der Waals surface area contributed by atoms with Gasteiger partial charge in [-0.05, 0) is 19.2 Å². The minimum atomic E-state index is -0.730. The Morgan fingerprint density at radius 3 is 2.61 bits per heavy atom. The number of carbonyl (C=O) groups is 3. The number of urea groups is 1. The van der Waals surface area contributed by atoms with Gasteiger partial charge in [-0.15, -0.1) is 0 Å². The standard InChI is InChI=1S/C15H18N4O4/c1-17-4-6-18(7-5-17)10-12-13(20)16-15(22)19(14(12)21)9-11-3-2-8-23-11/h2-3,8,10H,4-7,9H2,1H3,(H,16,20,22)/b12-10-. The number of barbiturate groups is 1. The first-order valence-corrected chi connectivity index (χ1v) is 7.38. The lowest BCUT2D eigenvalue weighted by molar-refractivity contribution is -0.131. The van der Waals surface area contributed by atoms with E-state index < -0.39 is 17.8 Å². The first kappa shape index (κ1) is 15.3. The van der Waals surface area contributed by atoms with Crippen LogP contribution in [-0.4, -0.2) is 65.8 Å². The van der Waals surface area contributed by atoms with Gasteiger partial charge in [0.25, 0.3) is 11.8 Å². The molecule has 4 amide bonds. The van der Waals surface area contributed by atoms with Gasteiger partial charge >= 0.3 is 6.03 Å². The number of hydrogen-bond donors (Lipinski definition) is 1. The first-order chi connectivity index (χ1) is 11.0. The molecule has 122 valence electrons. The predicted molar refractivity (Wildman–Crippen MR) is 79.9 cm³/mol. The molecule has 2 aliphatic rings. The monoisotopic (exact) mass is 318 g/mol. The second-order valence-electron chi connectivity index (χ2n) is 5.61. The third-order valence-corrected chi connectivity index (χ3v) is 3.93. The lowest BCUT2D eigenvalue weighted by Gasteiger charge is -2.33. The third-order valence-electron chi connectivity index (χ3n) is 3.93. The van der Waals surface area contributed by atoms with Crippen molar-refractivity contribution in [1.29, 1.82) is 0 Å². The molecule has 0 aromatic carbocycles. The third kappa shape index (κ3) is 3.26. The lowest BCUT2D eigenvalue weighted by Crippen LogP contribution is -2.54. The van der Waals surface area contributed by atoms with E-state index in [0.29, 0.717) is 5.76 Å². The van der Waals surface area contributed by atoms with E-state index in [0.717, 1.165) is 31.1 Å². The lowest BCUT2D eigenvalue weighted by atomic mass is 10.1. The molecule has 8 nitrogen and oxygen atoms in total. The molecule has 0 unspecified atom stereocenters. The van der Waals surface area contributed by atoms with E-state index >= 15 is 0 Å². The Bertz CT molecular complexity index is 644. The van der Waals surface area contributed by atoms with E-state index in [1.54, 1.807) is 18.3 Å². The molecule has 23 heavy (non-hydrogen) atoms. The number of nitrogens with one attached hydrogen (secondary N) is 1. The predicted octanol–water partition coefficient (Wildman–Crippen LogP) is -0.0107. The van der Waals surface area contributed by atoms with Gasteiger partial charge in [-0.2, -0.15) is 0 Å². The van der Waals surface area contributed by atoms with E-state index in [9.17, 15) is 14.4 Å². The maximum absolute atomic E-state index is 12.5. The number of nitrogens with zero attached hydrogens (tertiary/aromatic N) is 3. The summed E-state index contributed by atoms with van der Waals surface area (Å²) in [6, 6.07) is 2.61. The molecular weight excluding hydrogens is 300 g/mol. The summed E-state index contributed by atoms with van der Waals surface area (Å²) in [6.45, 7) is 3.16. The molecule has 0 bridgehead atoms. The zero-order valence-electron chi connectivity index (χ0n) is 12.8. The molecule has 0 atom stereocenters. The Balaban J connectivity index is 1.77. The zero-order chi connectivity index (χ0) is 16.4. The molecule has 0 saturated carbocycles. The number of hydrogen-bond acceptors (Lipinski definition) is 6. The summed E-state index contributed by atoms with van der Waals surface area (Å²) in [4.78, 5) is 41.5. The normalized spacial score (nSPS) is 22.0.